The lowest BCUT2D eigenvalue weighted by molar-refractivity contribution is 0.0516. The number of rotatable bonds is 1. The summed E-state index contributed by atoms with van der Waals surface area (Å²) < 4.78 is 0.943. The fraction of sp³-hybridized carbons (Fsp3) is 0.643. The Balaban J connectivity index is 1.68. The monoisotopic (exact) mass is 310 g/mol. The minimum atomic E-state index is 0.157. The van der Waals surface area contributed by atoms with Crippen LogP contribution in [0.2, 0.25) is 0 Å². The fourth-order valence-corrected chi connectivity index (χ4v) is 3.79. The number of likely N-dealkylation sites (tertiary alicyclic amines) is 1. The van der Waals surface area contributed by atoms with Gasteiger partial charge < -0.3 is 9.88 Å². The SMILES string of the molecule is O=C(c1cc(Br)c[nH]1)N1CCC2CCCCC2C1. The van der Waals surface area contributed by atoms with Crippen LogP contribution < -0.4 is 0 Å². The first kappa shape index (κ1) is 12.3. The molecule has 0 bridgehead atoms. The summed E-state index contributed by atoms with van der Waals surface area (Å²) in [5, 5.41) is 0. The predicted octanol–water partition coefficient (Wildman–Crippen LogP) is 3.43. The van der Waals surface area contributed by atoms with Crippen LogP contribution in [-0.2, 0) is 0 Å². The lowest BCUT2D eigenvalue weighted by atomic mass is 9.75. The number of nitrogens with one attached hydrogen (secondary N) is 1. The van der Waals surface area contributed by atoms with Gasteiger partial charge in [-0.2, -0.15) is 0 Å². The Morgan fingerprint density at radius 3 is 2.78 bits per heavy atom. The van der Waals surface area contributed by atoms with Crippen LogP contribution in [0.3, 0.4) is 0 Å². The van der Waals surface area contributed by atoms with E-state index >= 15 is 0 Å². The zero-order valence-corrected chi connectivity index (χ0v) is 12.1. The van der Waals surface area contributed by atoms with E-state index in [9.17, 15) is 4.79 Å². The minimum Gasteiger partial charge on any atom is -0.356 e. The largest absolute Gasteiger partial charge is 0.356 e. The molecular formula is C14H19BrN2O. The number of carbonyl (C=O) groups excluding carboxylic acids is 1. The van der Waals surface area contributed by atoms with Crippen LogP contribution in [0.25, 0.3) is 0 Å². The van der Waals surface area contributed by atoms with E-state index < -0.39 is 0 Å². The molecule has 1 N–H and O–H groups in total. The van der Waals surface area contributed by atoms with Crippen molar-refractivity contribution in [2.45, 2.75) is 32.1 Å². The van der Waals surface area contributed by atoms with Crippen LogP contribution in [0.5, 0.6) is 0 Å². The van der Waals surface area contributed by atoms with Crippen LogP contribution in [-0.4, -0.2) is 28.9 Å². The number of hydrogen-bond acceptors (Lipinski definition) is 1. The molecule has 3 nitrogen and oxygen atoms in total. The summed E-state index contributed by atoms with van der Waals surface area (Å²) in [5.41, 5.74) is 0.705. The van der Waals surface area contributed by atoms with E-state index in [0.717, 1.165) is 29.4 Å². The maximum absolute atomic E-state index is 12.4. The first-order chi connectivity index (χ1) is 8.74. The highest BCUT2D eigenvalue weighted by atomic mass is 79.9. The van der Waals surface area contributed by atoms with Crippen molar-refractivity contribution in [3.63, 3.8) is 0 Å². The Hall–Kier alpha value is -0.770. The molecule has 1 saturated heterocycles. The number of aromatic amines is 1. The number of piperidine rings is 1. The van der Waals surface area contributed by atoms with Crippen molar-refractivity contribution < 1.29 is 4.79 Å². The van der Waals surface area contributed by atoms with E-state index in [4.69, 9.17) is 0 Å². The zero-order valence-electron chi connectivity index (χ0n) is 10.5. The van der Waals surface area contributed by atoms with Gasteiger partial charge in [0.15, 0.2) is 0 Å². The van der Waals surface area contributed by atoms with Gasteiger partial charge in [-0.15, -0.1) is 0 Å². The molecule has 1 amide bonds. The molecule has 1 saturated carbocycles. The number of hydrogen-bond donors (Lipinski definition) is 1. The molecule has 0 aromatic carbocycles. The molecule has 2 heterocycles. The average molecular weight is 311 g/mol. The molecule has 1 aromatic rings. The van der Waals surface area contributed by atoms with Crippen molar-refractivity contribution in [3.8, 4) is 0 Å². The second kappa shape index (κ2) is 5.08. The summed E-state index contributed by atoms with van der Waals surface area (Å²) in [4.78, 5) is 17.4. The molecule has 1 aromatic heterocycles. The summed E-state index contributed by atoms with van der Waals surface area (Å²) in [6.45, 7) is 1.89. The van der Waals surface area contributed by atoms with Crippen LogP contribution in [0.15, 0.2) is 16.7 Å². The van der Waals surface area contributed by atoms with Crippen molar-refractivity contribution in [2.24, 2.45) is 11.8 Å². The number of nitrogens with zero attached hydrogens (tertiary/aromatic N) is 1. The summed E-state index contributed by atoms with van der Waals surface area (Å²) in [7, 11) is 0. The second-order valence-corrected chi connectivity index (χ2v) is 6.49. The summed E-state index contributed by atoms with van der Waals surface area (Å²) in [5.74, 6) is 1.78. The molecule has 4 heteroatoms. The van der Waals surface area contributed by atoms with E-state index in [-0.39, 0.29) is 5.91 Å². The third-order valence-electron chi connectivity index (χ3n) is 4.46. The van der Waals surface area contributed by atoms with E-state index in [1.807, 2.05) is 17.2 Å². The quantitative estimate of drug-likeness (QED) is 0.847. The Kier molecular flexibility index (Phi) is 3.46. The molecule has 2 unspecified atom stereocenters. The van der Waals surface area contributed by atoms with Crippen molar-refractivity contribution in [2.75, 3.05) is 13.1 Å². The standard InChI is InChI=1S/C14H19BrN2O/c15-12-7-13(16-8-12)14(18)17-6-5-10-3-1-2-4-11(10)9-17/h7-8,10-11,16H,1-6,9H2. The molecule has 1 aliphatic carbocycles. The number of H-pyrrole nitrogens is 1. The number of fused-ring (bicyclic) bond motifs is 1. The van der Waals surface area contributed by atoms with Gasteiger partial charge >= 0.3 is 0 Å². The van der Waals surface area contributed by atoms with Crippen molar-refractivity contribution in [1.82, 2.24) is 9.88 Å². The van der Waals surface area contributed by atoms with Crippen LogP contribution in [0.1, 0.15) is 42.6 Å². The normalized spacial score (nSPS) is 27.9. The van der Waals surface area contributed by atoms with Crippen molar-refractivity contribution in [1.29, 1.82) is 0 Å². The average Bonchev–Trinajstić information content (AvgIpc) is 2.84. The maximum Gasteiger partial charge on any atom is 0.270 e. The van der Waals surface area contributed by atoms with Crippen LogP contribution in [0, 0.1) is 11.8 Å². The molecule has 2 atom stereocenters. The topological polar surface area (TPSA) is 36.1 Å². The van der Waals surface area contributed by atoms with Crippen LogP contribution in [0.4, 0.5) is 0 Å². The Labute approximate surface area is 116 Å². The Bertz CT molecular complexity index is 443. The molecule has 0 radical (unpaired) electrons. The molecule has 18 heavy (non-hydrogen) atoms. The minimum absolute atomic E-state index is 0.157. The Morgan fingerprint density at radius 1 is 1.28 bits per heavy atom. The van der Waals surface area contributed by atoms with Gasteiger partial charge in [-0.25, -0.2) is 0 Å². The summed E-state index contributed by atoms with van der Waals surface area (Å²) >= 11 is 3.38. The molecular weight excluding hydrogens is 292 g/mol. The molecule has 2 aliphatic rings. The highest BCUT2D eigenvalue weighted by Gasteiger charge is 2.33. The summed E-state index contributed by atoms with van der Waals surface area (Å²) in [6.07, 6.45) is 8.43. The zero-order chi connectivity index (χ0) is 12.5. The molecule has 3 rings (SSSR count). The highest BCUT2D eigenvalue weighted by Crippen LogP contribution is 2.36. The van der Waals surface area contributed by atoms with Gasteiger partial charge in [-0.1, -0.05) is 19.3 Å². The van der Waals surface area contributed by atoms with Crippen molar-refractivity contribution in [3.05, 3.63) is 22.4 Å². The number of carbonyl (C=O) groups is 1. The van der Waals surface area contributed by atoms with Crippen molar-refractivity contribution >= 4 is 21.8 Å². The van der Waals surface area contributed by atoms with Gasteiger partial charge in [0, 0.05) is 23.8 Å². The number of amides is 1. The predicted molar refractivity (Wildman–Crippen MR) is 74.5 cm³/mol. The van der Waals surface area contributed by atoms with E-state index in [1.165, 1.54) is 32.1 Å². The first-order valence-corrected chi connectivity index (χ1v) is 7.66. The number of halogens is 1. The lowest BCUT2D eigenvalue weighted by Gasteiger charge is -2.41. The summed E-state index contributed by atoms with van der Waals surface area (Å²) in [6, 6.07) is 1.87. The third-order valence-corrected chi connectivity index (χ3v) is 4.91. The van der Waals surface area contributed by atoms with Gasteiger partial charge in [-0.3, -0.25) is 4.79 Å². The van der Waals surface area contributed by atoms with Gasteiger partial charge in [0.25, 0.3) is 5.91 Å². The second-order valence-electron chi connectivity index (χ2n) is 5.58. The Morgan fingerprint density at radius 2 is 2.06 bits per heavy atom. The fourth-order valence-electron chi connectivity index (χ4n) is 3.45. The number of aromatic nitrogens is 1. The van der Waals surface area contributed by atoms with Gasteiger partial charge in [-0.05, 0) is 46.7 Å². The lowest BCUT2D eigenvalue weighted by Crippen LogP contribution is -2.44. The van der Waals surface area contributed by atoms with E-state index in [1.54, 1.807) is 0 Å². The molecule has 98 valence electrons. The first-order valence-electron chi connectivity index (χ1n) is 6.87. The maximum atomic E-state index is 12.4. The van der Waals surface area contributed by atoms with E-state index in [2.05, 4.69) is 20.9 Å². The van der Waals surface area contributed by atoms with Gasteiger partial charge in [0.2, 0.25) is 0 Å². The van der Waals surface area contributed by atoms with Gasteiger partial charge in [0.1, 0.15) is 5.69 Å². The van der Waals surface area contributed by atoms with E-state index in [0.29, 0.717) is 5.69 Å². The third kappa shape index (κ3) is 2.35. The van der Waals surface area contributed by atoms with Crippen LogP contribution >= 0.6 is 15.9 Å². The molecule has 1 aliphatic heterocycles. The van der Waals surface area contributed by atoms with Gasteiger partial charge in [0.05, 0.1) is 0 Å². The smallest absolute Gasteiger partial charge is 0.270 e. The molecule has 2 fully saturated rings. The molecule has 0 spiro atoms. The highest BCUT2D eigenvalue weighted by molar-refractivity contribution is 9.10.